The SMILES string of the molecule is CCC(CC)N(C)Cc1nncn1C(C)C. The van der Waals surface area contributed by atoms with Crippen molar-refractivity contribution in [3.8, 4) is 0 Å². The van der Waals surface area contributed by atoms with E-state index in [4.69, 9.17) is 0 Å². The number of rotatable bonds is 6. The van der Waals surface area contributed by atoms with E-state index in [0.29, 0.717) is 12.1 Å². The maximum atomic E-state index is 4.20. The standard InChI is InChI=1S/C12H24N4/c1-6-11(7-2)15(5)8-12-14-13-9-16(12)10(3)4/h9-11H,6-8H2,1-5H3. The van der Waals surface area contributed by atoms with Crippen molar-refractivity contribution in [2.75, 3.05) is 7.05 Å². The lowest BCUT2D eigenvalue weighted by Crippen LogP contribution is -2.31. The molecule has 0 saturated heterocycles. The molecule has 1 aromatic rings. The molecule has 0 N–H and O–H groups in total. The first-order valence-corrected chi connectivity index (χ1v) is 6.18. The monoisotopic (exact) mass is 224 g/mol. The molecule has 16 heavy (non-hydrogen) atoms. The van der Waals surface area contributed by atoms with E-state index in [0.717, 1.165) is 12.4 Å². The van der Waals surface area contributed by atoms with Crippen LogP contribution >= 0.6 is 0 Å². The van der Waals surface area contributed by atoms with Crippen molar-refractivity contribution in [3.05, 3.63) is 12.2 Å². The Bertz CT molecular complexity index is 302. The van der Waals surface area contributed by atoms with Gasteiger partial charge in [0, 0.05) is 12.1 Å². The molecular formula is C12H24N4. The van der Waals surface area contributed by atoms with Gasteiger partial charge in [-0.3, -0.25) is 4.90 Å². The first-order valence-electron chi connectivity index (χ1n) is 6.18. The van der Waals surface area contributed by atoms with Crippen LogP contribution in [-0.4, -0.2) is 32.8 Å². The van der Waals surface area contributed by atoms with Gasteiger partial charge in [0.2, 0.25) is 0 Å². The normalized spacial score (nSPS) is 12.0. The van der Waals surface area contributed by atoms with Crippen molar-refractivity contribution in [2.24, 2.45) is 0 Å². The smallest absolute Gasteiger partial charge is 0.147 e. The first-order chi connectivity index (χ1) is 7.60. The van der Waals surface area contributed by atoms with Crippen molar-refractivity contribution in [2.45, 2.75) is 59.2 Å². The lowest BCUT2D eigenvalue weighted by molar-refractivity contribution is 0.212. The molecule has 1 heterocycles. The fourth-order valence-electron chi connectivity index (χ4n) is 2.08. The predicted octanol–water partition coefficient (Wildman–Crippen LogP) is 2.48. The third kappa shape index (κ3) is 3.04. The highest BCUT2D eigenvalue weighted by molar-refractivity contribution is 4.88. The minimum Gasteiger partial charge on any atom is -0.314 e. The average Bonchev–Trinajstić information content (AvgIpc) is 2.67. The maximum Gasteiger partial charge on any atom is 0.147 e. The van der Waals surface area contributed by atoms with Crippen LogP contribution in [0.2, 0.25) is 0 Å². The molecule has 1 rings (SSSR count). The van der Waals surface area contributed by atoms with E-state index in [1.807, 2.05) is 6.33 Å². The molecular weight excluding hydrogens is 200 g/mol. The Labute approximate surface area is 98.7 Å². The molecule has 92 valence electrons. The molecule has 0 unspecified atom stereocenters. The van der Waals surface area contributed by atoms with Crippen LogP contribution in [0.5, 0.6) is 0 Å². The highest BCUT2D eigenvalue weighted by atomic mass is 15.3. The van der Waals surface area contributed by atoms with Gasteiger partial charge < -0.3 is 4.57 Å². The summed E-state index contributed by atoms with van der Waals surface area (Å²) < 4.78 is 2.14. The van der Waals surface area contributed by atoms with E-state index in [2.05, 4.69) is 54.4 Å². The van der Waals surface area contributed by atoms with Gasteiger partial charge in [-0.1, -0.05) is 13.8 Å². The second-order valence-electron chi connectivity index (χ2n) is 4.63. The summed E-state index contributed by atoms with van der Waals surface area (Å²) >= 11 is 0. The van der Waals surface area contributed by atoms with Crippen LogP contribution in [0.15, 0.2) is 6.33 Å². The second kappa shape index (κ2) is 5.99. The number of hydrogen-bond donors (Lipinski definition) is 0. The molecule has 0 aromatic carbocycles. The minimum absolute atomic E-state index is 0.431. The Kier molecular flexibility index (Phi) is 4.93. The van der Waals surface area contributed by atoms with Gasteiger partial charge >= 0.3 is 0 Å². The second-order valence-corrected chi connectivity index (χ2v) is 4.63. The van der Waals surface area contributed by atoms with Gasteiger partial charge in [-0.05, 0) is 33.7 Å². The van der Waals surface area contributed by atoms with Gasteiger partial charge in [-0.2, -0.15) is 0 Å². The lowest BCUT2D eigenvalue weighted by atomic mass is 10.1. The summed E-state index contributed by atoms with van der Waals surface area (Å²) in [7, 11) is 2.16. The van der Waals surface area contributed by atoms with Crippen LogP contribution in [-0.2, 0) is 6.54 Å². The molecule has 0 aliphatic rings. The molecule has 4 heteroatoms. The zero-order valence-corrected chi connectivity index (χ0v) is 11.1. The third-order valence-corrected chi connectivity index (χ3v) is 3.16. The van der Waals surface area contributed by atoms with E-state index in [1.54, 1.807) is 0 Å². The minimum atomic E-state index is 0.431. The highest BCUT2D eigenvalue weighted by Gasteiger charge is 2.14. The Hall–Kier alpha value is -0.900. The van der Waals surface area contributed by atoms with Crippen molar-refractivity contribution < 1.29 is 0 Å². The summed E-state index contributed by atoms with van der Waals surface area (Å²) in [6.45, 7) is 9.66. The molecule has 0 aliphatic heterocycles. The third-order valence-electron chi connectivity index (χ3n) is 3.16. The van der Waals surface area contributed by atoms with Crippen LogP contribution < -0.4 is 0 Å². The van der Waals surface area contributed by atoms with Crippen LogP contribution in [0.1, 0.15) is 52.4 Å². The van der Waals surface area contributed by atoms with Crippen molar-refractivity contribution >= 4 is 0 Å². The number of nitrogens with zero attached hydrogens (tertiary/aromatic N) is 4. The van der Waals surface area contributed by atoms with Crippen molar-refractivity contribution in [3.63, 3.8) is 0 Å². The van der Waals surface area contributed by atoms with Gasteiger partial charge in [0.25, 0.3) is 0 Å². The molecule has 0 saturated carbocycles. The Morgan fingerprint density at radius 1 is 1.31 bits per heavy atom. The Morgan fingerprint density at radius 3 is 2.44 bits per heavy atom. The molecule has 4 nitrogen and oxygen atoms in total. The number of hydrogen-bond acceptors (Lipinski definition) is 3. The van der Waals surface area contributed by atoms with Crippen LogP contribution in [0.25, 0.3) is 0 Å². The van der Waals surface area contributed by atoms with Gasteiger partial charge in [-0.25, -0.2) is 0 Å². The summed E-state index contributed by atoms with van der Waals surface area (Å²) in [5.74, 6) is 1.06. The van der Waals surface area contributed by atoms with Gasteiger partial charge in [0.1, 0.15) is 12.2 Å². The summed E-state index contributed by atoms with van der Waals surface area (Å²) in [5.41, 5.74) is 0. The largest absolute Gasteiger partial charge is 0.314 e. The fourth-order valence-corrected chi connectivity index (χ4v) is 2.08. The van der Waals surface area contributed by atoms with E-state index in [1.165, 1.54) is 12.8 Å². The van der Waals surface area contributed by atoms with Crippen LogP contribution in [0.3, 0.4) is 0 Å². The quantitative estimate of drug-likeness (QED) is 0.744. The maximum absolute atomic E-state index is 4.20. The molecule has 0 bridgehead atoms. The van der Waals surface area contributed by atoms with Gasteiger partial charge in [0.15, 0.2) is 0 Å². The lowest BCUT2D eigenvalue weighted by Gasteiger charge is -2.26. The van der Waals surface area contributed by atoms with Crippen molar-refractivity contribution in [1.82, 2.24) is 19.7 Å². The first kappa shape index (κ1) is 13.2. The molecule has 0 fully saturated rings. The van der Waals surface area contributed by atoms with Gasteiger partial charge in [0.05, 0.1) is 6.54 Å². The van der Waals surface area contributed by atoms with E-state index in [-0.39, 0.29) is 0 Å². The Morgan fingerprint density at radius 2 is 1.94 bits per heavy atom. The summed E-state index contributed by atoms with van der Waals surface area (Å²) in [6.07, 6.45) is 4.19. The molecule has 0 radical (unpaired) electrons. The summed E-state index contributed by atoms with van der Waals surface area (Å²) in [4.78, 5) is 2.36. The zero-order chi connectivity index (χ0) is 12.1. The highest BCUT2D eigenvalue weighted by Crippen LogP contribution is 2.12. The Balaban J connectivity index is 2.68. The van der Waals surface area contributed by atoms with E-state index < -0.39 is 0 Å². The summed E-state index contributed by atoms with van der Waals surface area (Å²) in [6, 6.07) is 1.07. The molecule has 0 aliphatic carbocycles. The van der Waals surface area contributed by atoms with Crippen LogP contribution in [0, 0.1) is 0 Å². The number of aromatic nitrogens is 3. The topological polar surface area (TPSA) is 34.0 Å². The van der Waals surface area contributed by atoms with E-state index in [9.17, 15) is 0 Å². The van der Waals surface area contributed by atoms with Crippen molar-refractivity contribution in [1.29, 1.82) is 0 Å². The van der Waals surface area contributed by atoms with Crippen LogP contribution in [0.4, 0.5) is 0 Å². The molecule has 0 amide bonds. The average molecular weight is 224 g/mol. The molecule has 0 atom stereocenters. The summed E-state index contributed by atoms with van der Waals surface area (Å²) in [5, 5.41) is 8.19. The zero-order valence-electron chi connectivity index (χ0n) is 11.1. The molecule has 0 spiro atoms. The van der Waals surface area contributed by atoms with Gasteiger partial charge in [-0.15, -0.1) is 10.2 Å². The van der Waals surface area contributed by atoms with E-state index >= 15 is 0 Å². The predicted molar refractivity (Wildman–Crippen MR) is 66.2 cm³/mol. The fraction of sp³-hybridized carbons (Fsp3) is 0.833. The molecule has 1 aromatic heterocycles.